The van der Waals surface area contributed by atoms with Gasteiger partial charge in [0.1, 0.15) is 6.61 Å². The monoisotopic (exact) mass is 326 g/mol. The number of piperidine rings is 1. The summed E-state index contributed by atoms with van der Waals surface area (Å²) in [6.45, 7) is 0.334. The van der Waals surface area contributed by atoms with Crippen LogP contribution < -0.4 is 5.73 Å². The molecule has 0 spiro atoms. The van der Waals surface area contributed by atoms with Crippen LogP contribution in [0.2, 0.25) is 0 Å². The number of likely N-dealkylation sites (tertiary alicyclic amines) is 1. The fourth-order valence-corrected chi connectivity index (χ4v) is 2.86. The smallest absolute Gasteiger partial charge is 0.410 e. The number of hydrogen-bond acceptors (Lipinski definition) is 3. The van der Waals surface area contributed by atoms with Gasteiger partial charge in [-0.25, -0.2) is 13.6 Å². The normalized spacial score (nSPS) is 21.3. The van der Waals surface area contributed by atoms with Crippen molar-refractivity contribution in [3.8, 4) is 0 Å². The number of carbonyl (C=O) groups excluding carboxylic acids is 2. The van der Waals surface area contributed by atoms with E-state index in [2.05, 4.69) is 0 Å². The van der Waals surface area contributed by atoms with Crippen LogP contribution in [0.1, 0.15) is 24.8 Å². The maximum Gasteiger partial charge on any atom is 0.410 e. The number of nitrogens with zero attached hydrogens (tertiary/aromatic N) is 1. The third kappa shape index (κ3) is 4.40. The summed E-state index contributed by atoms with van der Waals surface area (Å²) in [6.07, 6.45) is -3.20. The summed E-state index contributed by atoms with van der Waals surface area (Å²) in [5.41, 5.74) is 4.78. The Morgan fingerprint density at radius 2 is 2.00 bits per heavy atom. The molecule has 1 saturated heterocycles. The highest BCUT2D eigenvalue weighted by Gasteiger charge is 2.44. The van der Waals surface area contributed by atoms with Crippen LogP contribution in [0, 0.1) is 5.41 Å². The molecule has 5 nitrogen and oxygen atoms in total. The zero-order chi connectivity index (χ0) is 16.9. The first-order valence-electron chi connectivity index (χ1n) is 7.47. The standard InChI is InChI=1S/C16H20F2N2O3/c17-13(18)9-16(14(19)21)7-4-8-20(11-16)15(22)23-10-12-5-2-1-3-6-12/h1-3,5-6,13H,4,7-11H2,(H2,19,21). The van der Waals surface area contributed by atoms with Gasteiger partial charge in [0.25, 0.3) is 0 Å². The van der Waals surface area contributed by atoms with Crippen LogP contribution in [-0.2, 0) is 16.1 Å². The Bertz CT molecular complexity index is 554. The van der Waals surface area contributed by atoms with Gasteiger partial charge in [-0.05, 0) is 18.4 Å². The maximum atomic E-state index is 12.8. The van der Waals surface area contributed by atoms with Crippen LogP contribution >= 0.6 is 0 Å². The Kier molecular flexibility index (Phi) is 5.52. The van der Waals surface area contributed by atoms with Gasteiger partial charge in [-0.3, -0.25) is 4.79 Å². The van der Waals surface area contributed by atoms with Gasteiger partial charge in [-0.15, -0.1) is 0 Å². The number of amides is 2. The summed E-state index contributed by atoms with van der Waals surface area (Å²) < 4.78 is 30.8. The highest BCUT2D eigenvalue weighted by molar-refractivity contribution is 5.82. The lowest BCUT2D eigenvalue weighted by Gasteiger charge is -2.39. The van der Waals surface area contributed by atoms with E-state index in [1.807, 2.05) is 30.3 Å². The van der Waals surface area contributed by atoms with Gasteiger partial charge < -0.3 is 15.4 Å². The molecule has 1 heterocycles. The molecular weight excluding hydrogens is 306 g/mol. The number of ether oxygens (including phenoxy) is 1. The predicted octanol–water partition coefficient (Wildman–Crippen LogP) is 2.55. The summed E-state index contributed by atoms with van der Waals surface area (Å²) >= 11 is 0. The van der Waals surface area contributed by atoms with Gasteiger partial charge in [-0.1, -0.05) is 30.3 Å². The van der Waals surface area contributed by atoms with E-state index in [-0.39, 0.29) is 19.6 Å². The summed E-state index contributed by atoms with van der Waals surface area (Å²) in [4.78, 5) is 25.1. The van der Waals surface area contributed by atoms with E-state index in [0.29, 0.717) is 13.0 Å². The van der Waals surface area contributed by atoms with Gasteiger partial charge in [0, 0.05) is 19.5 Å². The number of alkyl halides is 2. The molecule has 0 radical (unpaired) electrons. The molecule has 2 amide bonds. The second-order valence-corrected chi connectivity index (χ2v) is 5.81. The van der Waals surface area contributed by atoms with Crippen LogP contribution in [0.15, 0.2) is 30.3 Å². The molecule has 0 aliphatic carbocycles. The third-order valence-corrected chi connectivity index (χ3v) is 4.11. The highest BCUT2D eigenvalue weighted by Crippen LogP contribution is 2.35. The zero-order valence-corrected chi connectivity index (χ0v) is 12.7. The number of hydrogen-bond donors (Lipinski definition) is 1. The van der Waals surface area contributed by atoms with E-state index >= 15 is 0 Å². The lowest BCUT2D eigenvalue weighted by molar-refractivity contribution is -0.133. The van der Waals surface area contributed by atoms with E-state index in [1.54, 1.807) is 0 Å². The van der Waals surface area contributed by atoms with Gasteiger partial charge in [0.2, 0.25) is 12.3 Å². The highest BCUT2D eigenvalue weighted by atomic mass is 19.3. The molecule has 1 aliphatic heterocycles. The summed E-state index contributed by atoms with van der Waals surface area (Å²) in [6, 6.07) is 9.12. The van der Waals surface area contributed by atoms with Crippen molar-refractivity contribution in [1.82, 2.24) is 4.90 Å². The van der Waals surface area contributed by atoms with Gasteiger partial charge in [0.05, 0.1) is 5.41 Å². The van der Waals surface area contributed by atoms with Gasteiger partial charge in [-0.2, -0.15) is 0 Å². The molecule has 1 aliphatic rings. The van der Waals surface area contributed by atoms with Crippen LogP contribution in [0.4, 0.5) is 13.6 Å². The van der Waals surface area contributed by atoms with E-state index in [0.717, 1.165) is 5.56 Å². The third-order valence-electron chi connectivity index (χ3n) is 4.11. The van der Waals surface area contributed by atoms with Crippen LogP contribution in [-0.4, -0.2) is 36.4 Å². The Morgan fingerprint density at radius 1 is 1.30 bits per heavy atom. The number of carbonyl (C=O) groups is 2. The van der Waals surface area contributed by atoms with Gasteiger partial charge >= 0.3 is 6.09 Å². The van der Waals surface area contributed by atoms with Crippen molar-refractivity contribution in [3.63, 3.8) is 0 Å². The van der Waals surface area contributed by atoms with Crippen molar-refractivity contribution in [1.29, 1.82) is 0 Å². The Hall–Kier alpha value is -2.18. The summed E-state index contributed by atoms with van der Waals surface area (Å²) in [5.74, 6) is -0.793. The molecule has 1 aromatic carbocycles. The SMILES string of the molecule is NC(=O)C1(CC(F)F)CCCN(C(=O)OCc2ccccc2)C1. The second-order valence-electron chi connectivity index (χ2n) is 5.81. The van der Waals surface area contributed by atoms with Crippen molar-refractivity contribution < 1.29 is 23.1 Å². The average molecular weight is 326 g/mol. The van der Waals surface area contributed by atoms with Crippen LogP contribution in [0.5, 0.6) is 0 Å². The molecule has 0 aromatic heterocycles. The average Bonchev–Trinajstić information content (AvgIpc) is 2.53. The number of benzene rings is 1. The molecule has 1 unspecified atom stereocenters. The van der Waals surface area contributed by atoms with E-state index < -0.39 is 30.3 Å². The molecule has 2 rings (SSSR count). The van der Waals surface area contributed by atoms with E-state index in [4.69, 9.17) is 10.5 Å². The number of primary amides is 1. The molecule has 1 fully saturated rings. The molecule has 0 saturated carbocycles. The fraction of sp³-hybridized carbons (Fsp3) is 0.500. The Balaban J connectivity index is 1.99. The first-order chi connectivity index (χ1) is 10.9. The molecule has 126 valence electrons. The Morgan fingerprint density at radius 3 is 2.61 bits per heavy atom. The molecular formula is C16H20F2N2O3. The minimum atomic E-state index is -2.65. The lowest BCUT2D eigenvalue weighted by Crippen LogP contribution is -2.53. The molecule has 1 aromatic rings. The molecule has 1 atom stereocenters. The largest absolute Gasteiger partial charge is 0.445 e. The first-order valence-corrected chi connectivity index (χ1v) is 7.47. The van der Waals surface area contributed by atoms with Crippen molar-refractivity contribution in [2.24, 2.45) is 11.1 Å². The minimum Gasteiger partial charge on any atom is -0.445 e. The van der Waals surface area contributed by atoms with Crippen molar-refractivity contribution in [3.05, 3.63) is 35.9 Å². The quantitative estimate of drug-likeness (QED) is 0.904. The zero-order valence-electron chi connectivity index (χ0n) is 12.7. The summed E-state index contributed by atoms with van der Waals surface area (Å²) in [7, 11) is 0. The number of nitrogens with two attached hydrogens (primary N) is 1. The molecule has 23 heavy (non-hydrogen) atoms. The molecule has 2 N–H and O–H groups in total. The topological polar surface area (TPSA) is 72.6 Å². The summed E-state index contributed by atoms with van der Waals surface area (Å²) in [5, 5.41) is 0. The lowest BCUT2D eigenvalue weighted by atomic mass is 9.76. The number of halogens is 2. The van der Waals surface area contributed by atoms with Crippen molar-refractivity contribution in [2.75, 3.05) is 13.1 Å². The maximum absolute atomic E-state index is 12.8. The molecule has 7 heteroatoms. The second kappa shape index (κ2) is 7.39. The van der Waals surface area contributed by atoms with Crippen molar-refractivity contribution >= 4 is 12.0 Å². The fourth-order valence-electron chi connectivity index (χ4n) is 2.86. The minimum absolute atomic E-state index is 0.0919. The predicted molar refractivity (Wildman–Crippen MR) is 79.7 cm³/mol. The van der Waals surface area contributed by atoms with Gasteiger partial charge in [0.15, 0.2) is 0 Å². The molecule has 0 bridgehead atoms. The first kappa shape index (κ1) is 17.2. The van der Waals surface area contributed by atoms with Crippen LogP contribution in [0.25, 0.3) is 0 Å². The van der Waals surface area contributed by atoms with E-state index in [9.17, 15) is 18.4 Å². The van der Waals surface area contributed by atoms with Crippen LogP contribution in [0.3, 0.4) is 0 Å². The van der Waals surface area contributed by atoms with E-state index in [1.165, 1.54) is 4.90 Å². The Labute approximate surface area is 133 Å². The number of rotatable bonds is 5. The van der Waals surface area contributed by atoms with Crippen molar-refractivity contribution in [2.45, 2.75) is 32.3 Å².